The highest BCUT2D eigenvalue weighted by Gasteiger charge is 2.07. The zero-order chi connectivity index (χ0) is 11.1. The van der Waals surface area contributed by atoms with Gasteiger partial charge in [0.25, 0.3) is 0 Å². The minimum Gasteiger partial charge on any atom is -0.391 e. The molecule has 3 rings (SSSR count). The SMILES string of the molecule is Nc1ccc(-c2cn3nc(F)ccc3n2)s1. The molecule has 0 bridgehead atoms. The van der Waals surface area contributed by atoms with Gasteiger partial charge in [-0.2, -0.15) is 4.39 Å². The lowest BCUT2D eigenvalue weighted by atomic mass is 10.4. The van der Waals surface area contributed by atoms with Gasteiger partial charge in [-0.15, -0.1) is 16.4 Å². The van der Waals surface area contributed by atoms with Gasteiger partial charge >= 0.3 is 0 Å². The summed E-state index contributed by atoms with van der Waals surface area (Å²) in [5, 5.41) is 4.42. The zero-order valence-electron chi connectivity index (χ0n) is 8.09. The Morgan fingerprint density at radius 1 is 1.25 bits per heavy atom. The summed E-state index contributed by atoms with van der Waals surface area (Å²) < 4.78 is 14.3. The van der Waals surface area contributed by atoms with Crippen LogP contribution in [-0.4, -0.2) is 14.6 Å². The van der Waals surface area contributed by atoms with Crippen LogP contribution in [0, 0.1) is 5.95 Å². The number of fused-ring (bicyclic) bond motifs is 1. The maximum atomic E-state index is 12.9. The van der Waals surface area contributed by atoms with Crippen molar-refractivity contribution in [2.24, 2.45) is 0 Å². The molecule has 0 aromatic carbocycles. The van der Waals surface area contributed by atoms with E-state index < -0.39 is 5.95 Å². The first-order valence-corrected chi connectivity index (χ1v) is 5.42. The lowest BCUT2D eigenvalue weighted by molar-refractivity contribution is 0.555. The second-order valence-electron chi connectivity index (χ2n) is 3.29. The first-order chi connectivity index (χ1) is 7.72. The molecule has 6 heteroatoms. The van der Waals surface area contributed by atoms with Gasteiger partial charge in [-0.25, -0.2) is 9.50 Å². The van der Waals surface area contributed by atoms with Crippen molar-refractivity contribution in [2.45, 2.75) is 0 Å². The third kappa shape index (κ3) is 1.43. The molecule has 2 N–H and O–H groups in total. The second-order valence-corrected chi connectivity index (χ2v) is 4.40. The molecule has 3 heterocycles. The molecule has 0 saturated carbocycles. The largest absolute Gasteiger partial charge is 0.391 e. The van der Waals surface area contributed by atoms with Gasteiger partial charge < -0.3 is 5.73 Å². The van der Waals surface area contributed by atoms with E-state index in [1.807, 2.05) is 12.1 Å². The highest BCUT2D eigenvalue weighted by Crippen LogP contribution is 2.28. The van der Waals surface area contributed by atoms with Crippen LogP contribution in [0.15, 0.2) is 30.5 Å². The number of hydrogen-bond acceptors (Lipinski definition) is 4. The van der Waals surface area contributed by atoms with Crippen LogP contribution in [0.3, 0.4) is 0 Å². The third-order valence-corrected chi connectivity index (χ3v) is 3.10. The minimum absolute atomic E-state index is 0.526. The number of anilines is 1. The van der Waals surface area contributed by atoms with Crippen LogP contribution < -0.4 is 5.73 Å². The molecule has 0 amide bonds. The average Bonchev–Trinajstić information content (AvgIpc) is 2.83. The van der Waals surface area contributed by atoms with Gasteiger partial charge in [0.05, 0.1) is 16.1 Å². The number of nitrogens with two attached hydrogens (primary N) is 1. The van der Waals surface area contributed by atoms with Gasteiger partial charge in [-0.3, -0.25) is 0 Å². The molecule has 80 valence electrons. The van der Waals surface area contributed by atoms with E-state index in [0.717, 1.165) is 15.6 Å². The predicted octanol–water partition coefficient (Wildman–Crippen LogP) is 2.18. The van der Waals surface area contributed by atoms with Gasteiger partial charge in [0.2, 0.25) is 5.95 Å². The first-order valence-electron chi connectivity index (χ1n) is 4.60. The van der Waals surface area contributed by atoms with Gasteiger partial charge in [-0.1, -0.05) is 0 Å². The van der Waals surface area contributed by atoms with Gasteiger partial charge in [0, 0.05) is 0 Å². The molecule has 0 fully saturated rings. The number of aromatic nitrogens is 3. The molecule has 0 aliphatic carbocycles. The molecule has 0 aliphatic heterocycles. The van der Waals surface area contributed by atoms with Crippen molar-refractivity contribution in [2.75, 3.05) is 5.73 Å². The second kappa shape index (κ2) is 3.28. The molecule has 0 saturated heterocycles. The van der Waals surface area contributed by atoms with Crippen LogP contribution >= 0.6 is 11.3 Å². The quantitative estimate of drug-likeness (QED) is 0.702. The summed E-state index contributed by atoms with van der Waals surface area (Å²) in [6.45, 7) is 0. The maximum absolute atomic E-state index is 12.9. The molecular weight excluding hydrogens is 227 g/mol. The molecule has 0 spiro atoms. The van der Waals surface area contributed by atoms with Crippen LogP contribution in [-0.2, 0) is 0 Å². The van der Waals surface area contributed by atoms with E-state index in [4.69, 9.17) is 5.73 Å². The van der Waals surface area contributed by atoms with Gasteiger partial charge in [0.15, 0.2) is 5.65 Å². The molecule has 0 radical (unpaired) electrons. The summed E-state index contributed by atoms with van der Waals surface area (Å²) in [6.07, 6.45) is 1.68. The van der Waals surface area contributed by atoms with Crippen LogP contribution in [0.25, 0.3) is 16.2 Å². The Morgan fingerprint density at radius 2 is 2.12 bits per heavy atom. The van der Waals surface area contributed by atoms with E-state index in [-0.39, 0.29) is 0 Å². The molecule has 16 heavy (non-hydrogen) atoms. The molecule has 0 aliphatic rings. The monoisotopic (exact) mass is 234 g/mol. The maximum Gasteiger partial charge on any atom is 0.231 e. The Kier molecular flexibility index (Phi) is 1.90. The highest BCUT2D eigenvalue weighted by molar-refractivity contribution is 7.19. The third-order valence-electron chi connectivity index (χ3n) is 2.17. The number of rotatable bonds is 1. The van der Waals surface area contributed by atoms with E-state index in [9.17, 15) is 4.39 Å². The summed E-state index contributed by atoms with van der Waals surface area (Å²) in [4.78, 5) is 5.27. The molecule has 0 unspecified atom stereocenters. The summed E-state index contributed by atoms with van der Waals surface area (Å²) in [5.41, 5.74) is 7.01. The Morgan fingerprint density at radius 3 is 2.88 bits per heavy atom. The summed E-state index contributed by atoms with van der Waals surface area (Å²) >= 11 is 1.44. The molecule has 3 aromatic heterocycles. The van der Waals surface area contributed by atoms with Crippen LogP contribution in [0.2, 0.25) is 0 Å². The average molecular weight is 234 g/mol. The van der Waals surface area contributed by atoms with Crippen molar-refractivity contribution in [3.63, 3.8) is 0 Å². The summed E-state index contributed by atoms with van der Waals surface area (Å²) in [6, 6.07) is 6.58. The first kappa shape index (κ1) is 9.29. The lowest BCUT2D eigenvalue weighted by Gasteiger charge is -1.88. The number of thiophene rings is 1. The van der Waals surface area contributed by atoms with Crippen LogP contribution in [0.4, 0.5) is 9.39 Å². The summed E-state index contributed by atoms with van der Waals surface area (Å²) in [5.74, 6) is -0.526. The zero-order valence-corrected chi connectivity index (χ0v) is 8.91. The Bertz CT molecular complexity index is 658. The number of halogens is 1. The van der Waals surface area contributed by atoms with Crippen molar-refractivity contribution < 1.29 is 4.39 Å². The highest BCUT2D eigenvalue weighted by atomic mass is 32.1. The Labute approximate surface area is 94.2 Å². The van der Waals surface area contributed by atoms with E-state index in [1.54, 1.807) is 12.3 Å². The standard InChI is InChI=1S/C10H7FN4S/c11-8-2-4-10-13-6(5-15(10)14-8)7-1-3-9(12)16-7/h1-5H,12H2. The van der Waals surface area contributed by atoms with E-state index >= 15 is 0 Å². The smallest absolute Gasteiger partial charge is 0.231 e. The normalized spacial score (nSPS) is 11.1. The molecular formula is C10H7FN4S. The number of imidazole rings is 1. The predicted molar refractivity (Wildman–Crippen MR) is 60.7 cm³/mol. The van der Waals surface area contributed by atoms with Crippen molar-refractivity contribution in [3.05, 3.63) is 36.4 Å². The van der Waals surface area contributed by atoms with Crippen LogP contribution in [0.1, 0.15) is 0 Å². The molecule has 0 atom stereocenters. The van der Waals surface area contributed by atoms with E-state index in [0.29, 0.717) is 5.65 Å². The number of nitrogens with zero attached hydrogens (tertiary/aromatic N) is 3. The van der Waals surface area contributed by atoms with Crippen molar-refractivity contribution in [1.82, 2.24) is 14.6 Å². The van der Waals surface area contributed by atoms with Crippen molar-refractivity contribution in [1.29, 1.82) is 0 Å². The Balaban J connectivity index is 2.18. The van der Waals surface area contributed by atoms with Crippen molar-refractivity contribution >= 4 is 22.0 Å². The summed E-state index contributed by atoms with van der Waals surface area (Å²) in [7, 11) is 0. The number of hydrogen-bond donors (Lipinski definition) is 1. The van der Waals surface area contributed by atoms with E-state index in [1.165, 1.54) is 21.9 Å². The van der Waals surface area contributed by atoms with Crippen LogP contribution in [0.5, 0.6) is 0 Å². The number of nitrogen functional groups attached to an aromatic ring is 1. The fourth-order valence-corrected chi connectivity index (χ4v) is 2.20. The topological polar surface area (TPSA) is 56.2 Å². The lowest BCUT2D eigenvalue weighted by Crippen LogP contribution is -1.92. The molecule has 4 nitrogen and oxygen atoms in total. The fraction of sp³-hybridized carbons (Fsp3) is 0. The fourth-order valence-electron chi connectivity index (χ4n) is 1.47. The van der Waals surface area contributed by atoms with Gasteiger partial charge in [0.1, 0.15) is 5.69 Å². The van der Waals surface area contributed by atoms with E-state index in [2.05, 4.69) is 10.1 Å². The molecule has 3 aromatic rings. The van der Waals surface area contributed by atoms with Gasteiger partial charge in [-0.05, 0) is 24.3 Å². The minimum atomic E-state index is -0.526. The Hall–Kier alpha value is -1.95. The van der Waals surface area contributed by atoms with Crippen molar-refractivity contribution in [3.8, 4) is 10.6 Å².